The first-order valence-electron chi connectivity index (χ1n) is 4.93. The second kappa shape index (κ2) is 4.96. The molecule has 0 amide bonds. The molecule has 1 rings (SSSR count). The van der Waals surface area contributed by atoms with Crippen molar-refractivity contribution in [2.45, 2.75) is 39.4 Å². The van der Waals surface area contributed by atoms with Crippen LogP contribution in [0, 0.1) is 0 Å². The zero-order chi connectivity index (χ0) is 10.6. The molecule has 0 spiro atoms. The fourth-order valence-corrected chi connectivity index (χ4v) is 1.19. The summed E-state index contributed by atoms with van der Waals surface area (Å²) >= 11 is 0. The summed E-state index contributed by atoms with van der Waals surface area (Å²) in [6, 6.07) is 1.83. The lowest BCUT2D eigenvalue weighted by Gasteiger charge is -2.12. The van der Waals surface area contributed by atoms with Crippen molar-refractivity contribution in [3.05, 3.63) is 24.0 Å². The molecule has 0 fully saturated rings. The largest absolute Gasteiger partial charge is 0.489 e. The molecule has 0 aliphatic carbocycles. The molecule has 0 bridgehead atoms. The van der Waals surface area contributed by atoms with Crippen LogP contribution in [-0.2, 0) is 0 Å². The van der Waals surface area contributed by atoms with Crippen molar-refractivity contribution in [3.8, 4) is 5.75 Å². The van der Waals surface area contributed by atoms with Gasteiger partial charge in [0.1, 0.15) is 5.75 Å². The maximum absolute atomic E-state index is 9.59. The van der Waals surface area contributed by atoms with E-state index in [2.05, 4.69) is 4.98 Å². The van der Waals surface area contributed by atoms with Crippen molar-refractivity contribution in [1.29, 1.82) is 0 Å². The molecule has 3 heteroatoms. The lowest BCUT2D eigenvalue weighted by Crippen LogP contribution is -2.06. The average Bonchev–Trinajstić information content (AvgIpc) is 2.16. The highest BCUT2D eigenvalue weighted by atomic mass is 16.5. The number of hydrogen-bond donors (Lipinski definition) is 1. The Balaban J connectivity index is 2.78. The average molecular weight is 195 g/mol. The lowest BCUT2D eigenvalue weighted by atomic mass is 10.1. The quantitative estimate of drug-likeness (QED) is 0.801. The molecule has 0 aliphatic rings. The van der Waals surface area contributed by atoms with Gasteiger partial charge in [-0.25, -0.2) is 0 Å². The number of ether oxygens (including phenoxy) is 1. The Kier molecular flexibility index (Phi) is 3.89. The van der Waals surface area contributed by atoms with Gasteiger partial charge in [-0.1, -0.05) is 6.92 Å². The van der Waals surface area contributed by atoms with Crippen molar-refractivity contribution < 1.29 is 9.84 Å². The van der Waals surface area contributed by atoms with E-state index in [9.17, 15) is 5.11 Å². The van der Waals surface area contributed by atoms with Crippen molar-refractivity contribution in [2.75, 3.05) is 0 Å². The van der Waals surface area contributed by atoms with Gasteiger partial charge in [-0.15, -0.1) is 0 Å². The summed E-state index contributed by atoms with van der Waals surface area (Å²) in [6.45, 7) is 5.85. The molecule has 1 aromatic heterocycles. The van der Waals surface area contributed by atoms with Crippen LogP contribution in [0.5, 0.6) is 5.75 Å². The van der Waals surface area contributed by atoms with Crippen LogP contribution < -0.4 is 4.74 Å². The van der Waals surface area contributed by atoms with E-state index in [-0.39, 0.29) is 6.10 Å². The molecule has 1 N–H and O–H groups in total. The Bertz CT molecular complexity index is 286. The number of pyridine rings is 1. The third kappa shape index (κ3) is 3.00. The second-order valence-electron chi connectivity index (χ2n) is 3.54. The van der Waals surface area contributed by atoms with Gasteiger partial charge < -0.3 is 9.84 Å². The molecule has 0 saturated carbocycles. The molecule has 1 aromatic rings. The molecule has 0 radical (unpaired) electrons. The summed E-state index contributed by atoms with van der Waals surface area (Å²) in [7, 11) is 0. The summed E-state index contributed by atoms with van der Waals surface area (Å²) in [4.78, 5) is 4.02. The van der Waals surface area contributed by atoms with E-state index in [1.165, 1.54) is 0 Å². The van der Waals surface area contributed by atoms with Crippen LogP contribution in [0.1, 0.15) is 38.9 Å². The highest BCUT2D eigenvalue weighted by Gasteiger charge is 2.06. The number of aliphatic hydroxyl groups is 1. The van der Waals surface area contributed by atoms with Crippen LogP contribution in [-0.4, -0.2) is 16.2 Å². The van der Waals surface area contributed by atoms with Gasteiger partial charge in [-0.2, -0.15) is 0 Å². The highest BCUT2D eigenvalue weighted by Crippen LogP contribution is 2.20. The SMILES string of the molecule is CCC(O)c1cncc(OC(C)C)c1. The molecular weight excluding hydrogens is 178 g/mol. The van der Waals surface area contributed by atoms with Gasteiger partial charge >= 0.3 is 0 Å². The predicted octanol–water partition coefficient (Wildman–Crippen LogP) is 2.31. The Hall–Kier alpha value is -1.09. The maximum atomic E-state index is 9.59. The van der Waals surface area contributed by atoms with E-state index in [1.807, 2.05) is 26.8 Å². The van der Waals surface area contributed by atoms with E-state index < -0.39 is 6.10 Å². The van der Waals surface area contributed by atoms with Crippen LogP contribution in [0.2, 0.25) is 0 Å². The van der Waals surface area contributed by atoms with Gasteiger partial charge in [-0.05, 0) is 26.3 Å². The van der Waals surface area contributed by atoms with E-state index in [4.69, 9.17) is 4.74 Å². The van der Waals surface area contributed by atoms with E-state index in [1.54, 1.807) is 12.4 Å². The van der Waals surface area contributed by atoms with Crippen molar-refractivity contribution in [2.24, 2.45) is 0 Å². The fraction of sp³-hybridized carbons (Fsp3) is 0.545. The minimum absolute atomic E-state index is 0.130. The van der Waals surface area contributed by atoms with Crippen LogP contribution >= 0.6 is 0 Å². The van der Waals surface area contributed by atoms with Gasteiger partial charge in [0.2, 0.25) is 0 Å². The molecule has 0 saturated heterocycles. The third-order valence-corrected chi connectivity index (χ3v) is 1.88. The first-order valence-corrected chi connectivity index (χ1v) is 4.93. The first-order chi connectivity index (χ1) is 6.63. The molecular formula is C11H17NO2. The monoisotopic (exact) mass is 195 g/mol. The van der Waals surface area contributed by atoms with Crippen molar-refractivity contribution in [1.82, 2.24) is 4.98 Å². The fourth-order valence-electron chi connectivity index (χ4n) is 1.19. The Morgan fingerprint density at radius 1 is 1.43 bits per heavy atom. The topological polar surface area (TPSA) is 42.4 Å². The minimum atomic E-state index is -0.446. The maximum Gasteiger partial charge on any atom is 0.138 e. The molecule has 78 valence electrons. The van der Waals surface area contributed by atoms with Crippen LogP contribution in [0.4, 0.5) is 0 Å². The molecule has 0 aromatic carbocycles. The molecule has 1 unspecified atom stereocenters. The minimum Gasteiger partial charge on any atom is -0.489 e. The lowest BCUT2D eigenvalue weighted by molar-refractivity contribution is 0.172. The summed E-state index contributed by atoms with van der Waals surface area (Å²) in [5, 5.41) is 9.59. The Morgan fingerprint density at radius 3 is 2.71 bits per heavy atom. The summed E-state index contributed by atoms with van der Waals surface area (Å²) in [6.07, 6.45) is 3.70. The first kappa shape index (κ1) is 11.0. The molecule has 1 heterocycles. The normalized spacial score (nSPS) is 12.9. The summed E-state index contributed by atoms with van der Waals surface area (Å²) in [5.74, 6) is 0.713. The predicted molar refractivity (Wildman–Crippen MR) is 55.3 cm³/mol. The van der Waals surface area contributed by atoms with Crippen LogP contribution in [0.3, 0.4) is 0 Å². The molecule has 3 nitrogen and oxygen atoms in total. The smallest absolute Gasteiger partial charge is 0.138 e. The number of nitrogens with zero attached hydrogens (tertiary/aromatic N) is 1. The van der Waals surface area contributed by atoms with E-state index in [0.29, 0.717) is 12.2 Å². The molecule has 0 aliphatic heterocycles. The van der Waals surface area contributed by atoms with E-state index in [0.717, 1.165) is 5.56 Å². The van der Waals surface area contributed by atoms with Gasteiger partial charge in [0, 0.05) is 11.8 Å². The van der Waals surface area contributed by atoms with E-state index >= 15 is 0 Å². The number of rotatable bonds is 4. The summed E-state index contributed by atoms with van der Waals surface area (Å²) in [5.41, 5.74) is 0.811. The standard InChI is InChI=1S/C11H17NO2/c1-4-11(13)9-5-10(7-12-6-9)14-8(2)3/h5-8,11,13H,4H2,1-3H3. The zero-order valence-electron chi connectivity index (χ0n) is 8.90. The summed E-state index contributed by atoms with van der Waals surface area (Å²) < 4.78 is 5.48. The number of aliphatic hydroxyl groups excluding tert-OH is 1. The number of aromatic nitrogens is 1. The van der Waals surface area contributed by atoms with Gasteiger partial charge in [-0.3, -0.25) is 4.98 Å². The van der Waals surface area contributed by atoms with Crippen LogP contribution in [0.15, 0.2) is 18.5 Å². The molecule has 14 heavy (non-hydrogen) atoms. The number of hydrogen-bond acceptors (Lipinski definition) is 3. The highest BCUT2D eigenvalue weighted by molar-refractivity contribution is 5.25. The Morgan fingerprint density at radius 2 is 2.14 bits per heavy atom. The third-order valence-electron chi connectivity index (χ3n) is 1.88. The Labute approximate surface area is 84.7 Å². The van der Waals surface area contributed by atoms with Crippen molar-refractivity contribution in [3.63, 3.8) is 0 Å². The van der Waals surface area contributed by atoms with Gasteiger partial charge in [0.25, 0.3) is 0 Å². The van der Waals surface area contributed by atoms with Crippen molar-refractivity contribution >= 4 is 0 Å². The zero-order valence-corrected chi connectivity index (χ0v) is 8.90. The van der Waals surface area contributed by atoms with Crippen LogP contribution in [0.25, 0.3) is 0 Å². The van der Waals surface area contributed by atoms with Gasteiger partial charge in [0.15, 0.2) is 0 Å². The van der Waals surface area contributed by atoms with Gasteiger partial charge in [0.05, 0.1) is 18.4 Å². The second-order valence-corrected chi connectivity index (χ2v) is 3.54. The molecule has 1 atom stereocenters.